The molecule has 6 nitrogen and oxygen atoms in total. The van der Waals surface area contributed by atoms with E-state index in [1.807, 2.05) is 30.3 Å². The van der Waals surface area contributed by atoms with Crippen molar-refractivity contribution >= 4 is 50.7 Å². The number of nitrogens with zero attached hydrogens (tertiary/aromatic N) is 2. The van der Waals surface area contributed by atoms with Gasteiger partial charge in [0.25, 0.3) is 5.91 Å². The second kappa shape index (κ2) is 7.67. The molecule has 3 aromatic carbocycles. The summed E-state index contributed by atoms with van der Waals surface area (Å²) in [4.78, 5) is 33.9. The maximum Gasteiger partial charge on any atom is 0.266 e. The molecule has 2 heterocycles. The Morgan fingerprint density at radius 1 is 0.903 bits per heavy atom. The molecule has 1 N–H and O–H groups in total. The highest BCUT2D eigenvalue weighted by Gasteiger charge is 2.60. The fraction of sp³-hybridized carbons (Fsp3) is 0.130. The van der Waals surface area contributed by atoms with Crippen LogP contribution in [0.2, 0.25) is 5.02 Å². The topological polar surface area (TPSA) is 70.1 Å². The van der Waals surface area contributed by atoms with Gasteiger partial charge in [-0.3, -0.25) is 14.4 Å². The standard InChI is InChI=1S/C23H16BrClN2O4/c24-13-6-11-18(28)17(12-13)20-19-21(31-27(20)16-4-2-1-3-5-16)23(30)26(22(19)29)15-9-7-14(25)8-10-15/h1-12,19-21,28H/t19-,20-,21+/m0/s1. The number of aromatic hydroxyl groups is 1. The van der Waals surface area contributed by atoms with Crippen LogP contribution in [-0.2, 0) is 14.4 Å². The molecule has 2 aliphatic rings. The normalized spacial score (nSPS) is 22.8. The van der Waals surface area contributed by atoms with Crippen LogP contribution in [-0.4, -0.2) is 23.0 Å². The first kappa shape index (κ1) is 20.1. The molecular weight excluding hydrogens is 484 g/mol. The van der Waals surface area contributed by atoms with E-state index in [-0.39, 0.29) is 11.7 Å². The Hall–Kier alpha value is -2.87. The van der Waals surface area contributed by atoms with Crippen LogP contribution in [0, 0.1) is 5.92 Å². The molecule has 2 amide bonds. The summed E-state index contributed by atoms with van der Waals surface area (Å²) in [5, 5.41) is 12.7. The van der Waals surface area contributed by atoms with Crippen LogP contribution in [0.5, 0.6) is 5.75 Å². The molecule has 0 aliphatic carbocycles. The van der Waals surface area contributed by atoms with Crippen molar-refractivity contribution in [1.29, 1.82) is 0 Å². The lowest BCUT2D eigenvalue weighted by atomic mass is 9.90. The number of hydrogen-bond acceptors (Lipinski definition) is 5. The van der Waals surface area contributed by atoms with Gasteiger partial charge in [-0.1, -0.05) is 45.7 Å². The molecule has 3 aromatic rings. The second-order valence-corrected chi connectivity index (χ2v) is 8.70. The van der Waals surface area contributed by atoms with E-state index < -0.39 is 24.0 Å². The average Bonchev–Trinajstić information content (AvgIpc) is 3.28. The molecule has 0 unspecified atom stereocenters. The van der Waals surface area contributed by atoms with E-state index in [9.17, 15) is 14.7 Å². The largest absolute Gasteiger partial charge is 0.508 e. The number of carbonyl (C=O) groups excluding carboxylic acids is 2. The number of fused-ring (bicyclic) bond motifs is 1. The lowest BCUT2D eigenvalue weighted by molar-refractivity contribution is -0.126. The Morgan fingerprint density at radius 2 is 1.61 bits per heavy atom. The quantitative estimate of drug-likeness (QED) is 0.521. The highest BCUT2D eigenvalue weighted by molar-refractivity contribution is 9.10. The Morgan fingerprint density at radius 3 is 2.32 bits per heavy atom. The Labute approximate surface area is 191 Å². The van der Waals surface area contributed by atoms with E-state index in [0.717, 1.165) is 9.37 Å². The molecular formula is C23H16BrClN2O4. The van der Waals surface area contributed by atoms with Gasteiger partial charge in [0.1, 0.15) is 11.7 Å². The van der Waals surface area contributed by atoms with Crippen molar-refractivity contribution in [3.8, 4) is 5.75 Å². The number of para-hydroxylation sites is 1. The number of phenolic OH excluding ortho intramolecular Hbond substituents is 1. The van der Waals surface area contributed by atoms with E-state index in [4.69, 9.17) is 16.4 Å². The number of anilines is 2. The molecule has 3 atom stereocenters. The summed E-state index contributed by atoms with van der Waals surface area (Å²) in [6.45, 7) is 0. The monoisotopic (exact) mass is 498 g/mol. The number of benzene rings is 3. The van der Waals surface area contributed by atoms with Crippen LogP contribution in [0.1, 0.15) is 11.6 Å². The Kier molecular flexibility index (Phi) is 4.97. The molecule has 2 aliphatic heterocycles. The van der Waals surface area contributed by atoms with Gasteiger partial charge in [0, 0.05) is 15.1 Å². The number of amides is 2. The fourth-order valence-corrected chi connectivity index (χ4v) is 4.64. The van der Waals surface area contributed by atoms with Crippen LogP contribution in [0.4, 0.5) is 11.4 Å². The van der Waals surface area contributed by atoms with Gasteiger partial charge in [-0.15, -0.1) is 0 Å². The number of hydroxylamine groups is 1. The summed E-state index contributed by atoms with van der Waals surface area (Å²) in [6, 6.07) is 20.0. The highest BCUT2D eigenvalue weighted by Crippen LogP contribution is 2.49. The molecule has 5 rings (SSSR count). The molecule has 2 fully saturated rings. The minimum atomic E-state index is -1.01. The van der Waals surface area contributed by atoms with Crippen molar-refractivity contribution < 1.29 is 19.5 Å². The summed E-state index contributed by atoms with van der Waals surface area (Å²) in [5.41, 5.74) is 1.60. The first-order valence-corrected chi connectivity index (χ1v) is 10.8. The number of carbonyl (C=O) groups is 2. The minimum absolute atomic E-state index is 0.0172. The van der Waals surface area contributed by atoms with Gasteiger partial charge < -0.3 is 5.11 Å². The average molecular weight is 500 g/mol. The molecule has 0 bridgehead atoms. The van der Waals surface area contributed by atoms with Crippen molar-refractivity contribution in [1.82, 2.24) is 0 Å². The van der Waals surface area contributed by atoms with Crippen molar-refractivity contribution in [2.75, 3.05) is 9.96 Å². The van der Waals surface area contributed by atoms with Crippen LogP contribution in [0.25, 0.3) is 0 Å². The number of phenols is 1. The second-order valence-electron chi connectivity index (χ2n) is 7.35. The van der Waals surface area contributed by atoms with E-state index in [1.54, 1.807) is 47.5 Å². The summed E-state index contributed by atoms with van der Waals surface area (Å²) >= 11 is 9.39. The van der Waals surface area contributed by atoms with Gasteiger partial charge in [0.05, 0.1) is 17.4 Å². The predicted molar refractivity (Wildman–Crippen MR) is 120 cm³/mol. The molecule has 2 saturated heterocycles. The number of hydrogen-bond donors (Lipinski definition) is 1. The van der Waals surface area contributed by atoms with Crippen LogP contribution in [0.3, 0.4) is 0 Å². The Balaban J connectivity index is 1.62. The minimum Gasteiger partial charge on any atom is -0.508 e. The third-order valence-corrected chi connectivity index (χ3v) is 6.26. The highest BCUT2D eigenvalue weighted by atomic mass is 79.9. The molecule has 0 saturated carbocycles. The maximum atomic E-state index is 13.5. The first-order valence-electron chi connectivity index (χ1n) is 9.58. The predicted octanol–water partition coefficient (Wildman–Crippen LogP) is 4.86. The van der Waals surface area contributed by atoms with Crippen LogP contribution >= 0.6 is 27.5 Å². The molecule has 8 heteroatoms. The van der Waals surface area contributed by atoms with Crippen LogP contribution in [0.15, 0.2) is 77.3 Å². The zero-order chi connectivity index (χ0) is 21.7. The molecule has 156 valence electrons. The number of imide groups is 1. The summed E-state index contributed by atoms with van der Waals surface area (Å²) in [7, 11) is 0. The van der Waals surface area contributed by atoms with Gasteiger partial charge in [-0.2, -0.15) is 0 Å². The summed E-state index contributed by atoms with van der Waals surface area (Å²) in [5.74, 6) is -1.65. The van der Waals surface area contributed by atoms with E-state index in [2.05, 4.69) is 15.9 Å². The molecule has 31 heavy (non-hydrogen) atoms. The Bertz CT molecular complexity index is 1170. The number of rotatable bonds is 3. The third kappa shape index (κ3) is 3.29. The maximum absolute atomic E-state index is 13.5. The van der Waals surface area contributed by atoms with Gasteiger partial charge in [-0.05, 0) is 54.6 Å². The smallest absolute Gasteiger partial charge is 0.266 e. The zero-order valence-electron chi connectivity index (χ0n) is 16.0. The molecule has 0 aromatic heterocycles. The van der Waals surface area contributed by atoms with Gasteiger partial charge >= 0.3 is 0 Å². The third-order valence-electron chi connectivity index (χ3n) is 5.52. The van der Waals surface area contributed by atoms with Crippen LogP contribution < -0.4 is 9.96 Å². The van der Waals surface area contributed by atoms with Crippen molar-refractivity contribution in [2.45, 2.75) is 12.1 Å². The van der Waals surface area contributed by atoms with Crippen molar-refractivity contribution in [3.63, 3.8) is 0 Å². The summed E-state index contributed by atoms with van der Waals surface area (Å²) in [6.07, 6.45) is -1.01. The fourth-order valence-electron chi connectivity index (χ4n) is 4.14. The lowest BCUT2D eigenvalue weighted by Gasteiger charge is -2.29. The van der Waals surface area contributed by atoms with Crippen molar-refractivity contribution in [3.05, 3.63) is 87.9 Å². The van der Waals surface area contributed by atoms with E-state index in [1.165, 1.54) is 0 Å². The zero-order valence-corrected chi connectivity index (χ0v) is 18.3. The van der Waals surface area contributed by atoms with Gasteiger partial charge in [0.15, 0.2) is 6.10 Å². The van der Waals surface area contributed by atoms with Gasteiger partial charge in [0.2, 0.25) is 5.91 Å². The first-order chi connectivity index (χ1) is 15.0. The molecule has 0 radical (unpaired) electrons. The number of halogens is 2. The van der Waals surface area contributed by atoms with Gasteiger partial charge in [-0.25, -0.2) is 9.96 Å². The lowest BCUT2D eigenvalue weighted by Crippen LogP contribution is -2.37. The SMILES string of the molecule is O=C1[C@@H]2[C@@H](ON(c3ccccc3)[C@H]2c2cc(Br)ccc2O)C(=O)N1c1ccc(Cl)cc1. The van der Waals surface area contributed by atoms with Crippen molar-refractivity contribution in [2.24, 2.45) is 5.92 Å². The summed E-state index contributed by atoms with van der Waals surface area (Å²) < 4.78 is 0.739. The van der Waals surface area contributed by atoms with E-state index >= 15 is 0 Å². The van der Waals surface area contributed by atoms with E-state index in [0.29, 0.717) is 22.0 Å². The molecule has 0 spiro atoms.